The first-order valence-corrected chi connectivity index (χ1v) is 11.2. The molecule has 1 aromatic heterocycles. The van der Waals surface area contributed by atoms with E-state index in [2.05, 4.69) is 11.4 Å². The summed E-state index contributed by atoms with van der Waals surface area (Å²) in [4.78, 5) is 27.4. The number of hydrogen-bond acceptors (Lipinski definition) is 5. The van der Waals surface area contributed by atoms with Gasteiger partial charge in [0, 0.05) is 24.5 Å². The molecule has 2 heterocycles. The Bertz CT molecular complexity index is 994. The largest absolute Gasteiger partial charge is 0.492 e. The minimum Gasteiger partial charge on any atom is -0.492 e. The predicted octanol–water partition coefficient (Wildman–Crippen LogP) is 5.27. The third-order valence-corrected chi connectivity index (χ3v) is 6.52. The van der Waals surface area contributed by atoms with Crippen LogP contribution in [0.25, 0.3) is 0 Å². The number of anilines is 1. The van der Waals surface area contributed by atoms with Crippen molar-refractivity contribution in [1.29, 1.82) is 5.26 Å². The van der Waals surface area contributed by atoms with Gasteiger partial charge in [-0.3, -0.25) is 9.59 Å². The molecular formula is C21H21Cl2N3O3S. The molecule has 158 valence electrons. The second-order valence-electron chi connectivity index (χ2n) is 6.95. The zero-order valence-corrected chi connectivity index (χ0v) is 18.8. The van der Waals surface area contributed by atoms with Crippen LogP contribution in [0.3, 0.4) is 0 Å². The molecule has 0 unspecified atom stereocenters. The molecule has 0 saturated carbocycles. The van der Waals surface area contributed by atoms with Gasteiger partial charge in [-0.1, -0.05) is 23.2 Å². The highest BCUT2D eigenvalue weighted by atomic mass is 35.5. The van der Waals surface area contributed by atoms with Crippen molar-refractivity contribution in [3.63, 3.8) is 0 Å². The molecule has 0 aliphatic carbocycles. The van der Waals surface area contributed by atoms with Crippen LogP contribution in [0, 0.1) is 18.3 Å². The number of nitrogens with one attached hydrogen (secondary N) is 1. The van der Waals surface area contributed by atoms with E-state index in [1.165, 1.54) is 11.3 Å². The molecule has 1 fully saturated rings. The van der Waals surface area contributed by atoms with Crippen molar-refractivity contribution < 1.29 is 14.3 Å². The highest BCUT2D eigenvalue weighted by Gasteiger charge is 2.26. The summed E-state index contributed by atoms with van der Waals surface area (Å²) >= 11 is 13.1. The number of nitriles is 1. The van der Waals surface area contributed by atoms with E-state index in [0.29, 0.717) is 49.8 Å². The van der Waals surface area contributed by atoms with Crippen LogP contribution in [-0.2, 0) is 4.79 Å². The average molecular weight is 466 g/mol. The number of benzene rings is 1. The number of thiophene rings is 1. The predicted molar refractivity (Wildman–Crippen MR) is 119 cm³/mol. The number of hydrogen-bond donors (Lipinski definition) is 1. The molecule has 1 aliphatic heterocycles. The Labute approximate surface area is 189 Å². The van der Waals surface area contributed by atoms with E-state index in [1.54, 1.807) is 30.0 Å². The lowest BCUT2D eigenvalue weighted by molar-refractivity contribution is -0.116. The third-order valence-electron chi connectivity index (χ3n) is 4.80. The normalized spacial score (nSPS) is 13.2. The van der Waals surface area contributed by atoms with Gasteiger partial charge >= 0.3 is 0 Å². The molecule has 30 heavy (non-hydrogen) atoms. The quantitative estimate of drug-likeness (QED) is 0.564. The lowest BCUT2D eigenvalue weighted by Crippen LogP contribution is -2.27. The van der Waals surface area contributed by atoms with Gasteiger partial charge in [-0.25, -0.2) is 0 Å². The van der Waals surface area contributed by atoms with Crippen molar-refractivity contribution in [3.05, 3.63) is 44.2 Å². The van der Waals surface area contributed by atoms with Crippen molar-refractivity contribution in [1.82, 2.24) is 4.90 Å². The Kier molecular flexibility index (Phi) is 7.59. The van der Waals surface area contributed by atoms with E-state index in [1.807, 2.05) is 0 Å². The Morgan fingerprint density at radius 1 is 1.30 bits per heavy atom. The molecule has 1 N–H and O–H groups in total. The van der Waals surface area contributed by atoms with Crippen molar-refractivity contribution in [2.75, 3.05) is 25.0 Å². The van der Waals surface area contributed by atoms with Crippen molar-refractivity contribution in [3.8, 4) is 11.8 Å². The van der Waals surface area contributed by atoms with Crippen LogP contribution >= 0.6 is 34.5 Å². The average Bonchev–Trinajstić information content (AvgIpc) is 3.34. The number of rotatable bonds is 7. The monoisotopic (exact) mass is 465 g/mol. The van der Waals surface area contributed by atoms with Crippen LogP contribution in [0.2, 0.25) is 10.0 Å². The summed E-state index contributed by atoms with van der Waals surface area (Å²) in [6.07, 6.45) is 2.67. The third kappa shape index (κ3) is 5.25. The van der Waals surface area contributed by atoms with Gasteiger partial charge in [0.1, 0.15) is 16.8 Å². The van der Waals surface area contributed by atoms with E-state index in [-0.39, 0.29) is 18.2 Å². The maximum absolute atomic E-state index is 12.7. The molecular weight excluding hydrogens is 445 g/mol. The highest BCUT2D eigenvalue weighted by Crippen LogP contribution is 2.34. The first kappa shape index (κ1) is 22.4. The van der Waals surface area contributed by atoms with Gasteiger partial charge in [0.15, 0.2) is 0 Å². The fourth-order valence-corrected chi connectivity index (χ4v) is 4.80. The number of carbonyl (C=O) groups excluding carboxylic acids is 2. The maximum atomic E-state index is 12.7. The van der Waals surface area contributed by atoms with E-state index in [0.717, 1.165) is 25.9 Å². The summed E-state index contributed by atoms with van der Waals surface area (Å²) in [5.41, 5.74) is 0.968. The highest BCUT2D eigenvalue weighted by molar-refractivity contribution is 7.18. The van der Waals surface area contributed by atoms with E-state index in [4.69, 9.17) is 27.9 Å². The molecule has 6 nitrogen and oxygen atoms in total. The lowest BCUT2D eigenvalue weighted by atomic mass is 10.1. The minimum absolute atomic E-state index is 0.0692. The van der Waals surface area contributed by atoms with Gasteiger partial charge in [0.2, 0.25) is 5.91 Å². The zero-order chi connectivity index (χ0) is 21.7. The van der Waals surface area contributed by atoms with Crippen LogP contribution in [0.1, 0.15) is 46.5 Å². The standard InChI is InChI=1S/C21H21Cl2N3O3S/c1-13-15(12-24)20(30-19(13)21(28)26-8-2-3-9-26)25-18(27)5-4-10-29-17-7-6-14(22)11-16(17)23/h6-7,11H,2-5,8-10H2,1H3,(H,25,27). The Morgan fingerprint density at radius 2 is 2.03 bits per heavy atom. The number of nitrogens with zero attached hydrogens (tertiary/aromatic N) is 2. The molecule has 1 saturated heterocycles. The van der Waals surface area contributed by atoms with Gasteiger partial charge in [0.05, 0.1) is 22.1 Å². The Hall–Kier alpha value is -2.27. The summed E-state index contributed by atoms with van der Waals surface area (Å²) in [5, 5.41) is 13.6. The molecule has 0 radical (unpaired) electrons. The van der Waals surface area contributed by atoms with Crippen molar-refractivity contribution >= 4 is 51.4 Å². The van der Waals surface area contributed by atoms with Crippen LogP contribution in [0.15, 0.2) is 18.2 Å². The fourth-order valence-electron chi connectivity index (χ4n) is 3.20. The van der Waals surface area contributed by atoms with Crippen molar-refractivity contribution in [2.45, 2.75) is 32.6 Å². The molecule has 2 aromatic rings. The van der Waals surface area contributed by atoms with E-state index < -0.39 is 0 Å². The Balaban J connectivity index is 1.56. The summed E-state index contributed by atoms with van der Waals surface area (Å²) < 4.78 is 5.58. The zero-order valence-electron chi connectivity index (χ0n) is 16.5. The number of carbonyl (C=O) groups is 2. The fraction of sp³-hybridized carbons (Fsp3) is 0.381. The molecule has 1 aromatic carbocycles. The van der Waals surface area contributed by atoms with Crippen molar-refractivity contribution in [2.24, 2.45) is 0 Å². The molecule has 0 bridgehead atoms. The minimum atomic E-state index is -0.237. The first-order valence-electron chi connectivity index (χ1n) is 9.61. The molecule has 2 amide bonds. The molecule has 9 heteroatoms. The summed E-state index contributed by atoms with van der Waals surface area (Å²) in [5.74, 6) is 0.200. The maximum Gasteiger partial charge on any atom is 0.264 e. The molecule has 1 aliphatic rings. The van der Waals surface area contributed by atoms with Gasteiger partial charge < -0.3 is 15.0 Å². The van der Waals surface area contributed by atoms with Crippen LogP contribution < -0.4 is 10.1 Å². The topological polar surface area (TPSA) is 82.4 Å². The molecule has 0 spiro atoms. The smallest absolute Gasteiger partial charge is 0.264 e. The number of amides is 2. The van der Waals surface area contributed by atoms with Crippen LogP contribution in [0.5, 0.6) is 5.75 Å². The van der Waals surface area contributed by atoms with Crippen LogP contribution in [0.4, 0.5) is 5.00 Å². The number of halogens is 2. The molecule has 0 atom stereocenters. The summed E-state index contributed by atoms with van der Waals surface area (Å²) in [6, 6.07) is 7.06. The van der Waals surface area contributed by atoms with E-state index in [9.17, 15) is 14.9 Å². The summed E-state index contributed by atoms with van der Waals surface area (Å²) in [6.45, 7) is 3.52. The van der Waals surface area contributed by atoms with E-state index >= 15 is 0 Å². The van der Waals surface area contributed by atoms with Gasteiger partial charge in [-0.05, 0) is 49.9 Å². The van der Waals surface area contributed by atoms with Gasteiger partial charge in [-0.2, -0.15) is 5.26 Å². The first-order chi connectivity index (χ1) is 14.4. The second-order valence-corrected chi connectivity index (χ2v) is 8.81. The van der Waals surface area contributed by atoms with Gasteiger partial charge in [-0.15, -0.1) is 11.3 Å². The van der Waals surface area contributed by atoms with Crippen LogP contribution in [-0.4, -0.2) is 36.4 Å². The number of likely N-dealkylation sites (tertiary alicyclic amines) is 1. The number of ether oxygens (including phenoxy) is 1. The SMILES string of the molecule is Cc1c(C(=O)N2CCCC2)sc(NC(=O)CCCOc2ccc(Cl)cc2Cl)c1C#N. The lowest BCUT2D eigenvalue weighted by Gasteiger charge is -2.14. The Morgan fingerprint density at radius 3 is 2.70 bits per heavy atom. The van der Waals surface area contributed by atoms with Gasteiger partial charge in [0.25, 0.3) is 5.91 Å². The second kappa shape index (κ2) is 10.2. The molecule has 3 rings (SSSR count). The summed E-state index contributed by atoms with van der Waals surface area (Å²) in [7, 11) is 0.